The summed E-state index contributed by atoms with van der Waals surface area (Å²) in [5, 5.41) is 0.695. The number of hydrogen-bond acceptors (Lipinski definition) is 4. The van der Waals surface area contributed by atoms with E-state index < -0.39 is 5.97 Å². The van der Waals surface area contributed by atoms with Crippen LogP contribution in [0.4, 0.5) is 0 Å². The zero-order valence-electron chi connectivity index (χ0n) is 10.7. The molecule has 0 fully saturated rings. The zero-order chi connectivity index (χ0) is 14.1. The van der Waals surface area contributed by atoms with Crippen molar-refractivity contribution >= 4 is 33.9 Å². The SMILES string of the molecule is CCOC(=O)c1cn2cc(-c3cccc(Cl)c3)sc2n1. The molecule has 6 heteroatoms. The van der Waals surface area contributed by atoms with E-state index in [1.165, 1.54) is 11.3 Å². The molecule has 4 nitrogen and oxygen atoms in total. The molecule has 0 aliphatic carbocycles. The summed E-state index contributed by atoms with van der Waals surface area (Å²) in [6.45, 7) is 2.12. The zero-order valence-corrected chi connectivity index (χ0v) is 12.2. The molecule has 0 amide bonds. The largest absolute Gasteiger partial charge is 0.461 e. The lowest BCUT2D eigenvalue weighted by Gasteiger charge is -1.97. The fourth-order valence-corrected chi connectivity index (χ4v) is 3.03. The van der Waals surface area contributed by atoms with Crippen LogP contribution in [-0.4, -0.2) is 22.0 Å². The number of halogens is 1. The van der Waals surface area contributed by atoms with Crippen LogP contribution in [0.2, 0.25) is 5.02 Å². The van der Waals surface area contributed by atoms with Crippen molar-refractivity contribution in [1.82, 2.24) is 9.38 Å². The molecule has 0 unspecified atom stereocenters. The van der Waals surface area contributed by atoms with Crippen LogP contribution in [-0.2, 0) is 4.74 Å². The predicted octanol–water partition coefficient (Wildman–Crippen LogP) is 3.89. The molecule has 102 valence electrons. The van der Waals surface area contributed by atoms with E-state index in [2.05, 4.69) is 4.98 Å². The second kappa shape index (κ2) is 5.26. The topological polar surface area (TPSA) is 43.6 Å². The average Bonchev–Trinajstić information content (AvgIpc) is 2.97. The average molecular weight is 307 g/mol. The van der Waals surface area contributed by atoms with Gasteiger partial charge in [0.25, 0.3) is 0 Å². The Hall–Kier alpha value is -1.85. The van der Waals surface area contributed by atoms with Gasteiger partial charge >= 0.3 is 5.97 Å². The van der Waals surface area contributed by atoms with E-state index >= 15 is 0 Å². The van der Waals surface area contributed by atoms with Crippen molar-refractivity contribution in [2.24, 2.45) is 0 Å². The van der Waals surface area contributed by atoms with Gasteiger partial charge in [0.05, 0.1) is 11.5 Å². The first-order valence-electron chi connectivity index (χ1n) is 6.09. The number of carbonyl (C=O) groups is 1. The Kier molecular flexibility index (Phi) is 3.46. The summed E-state index contributed by atoms with van der Waals surface area (Å²) in [5.41, 5.74) is 1.36. The molecule has 0 saturated carbocycles. The highest BCUT2D eigenvalue weighted by atomic mass is 35.5. The molecule has 0 aliphatic heterocycles. The molecular formula is C14H11ClN2O2S. The third-order valence-corrected chi connectivity index (χ3v) is 4.03. The van der Waals surface area contributed by atoms with E-state index in [1.54, 1.807) is 13.1 Å². The Morgan fingerprint density at radius 1 is 1.45 bits per heavy atom. The van der Waals surface area contributed by atoms with Crippen molar-refractivity contribution in [3.63, 3.8) is 0 Å². The van der Waals surface area contributed by atoms with Crippen LogP contribution < -0.4 is 0 Å². The first-order valence-corrected chi connectivity index (χ1v) is 7.28. The molecule has 0 aliphatic rings. The van der Waals surface area contributed by atoms with Gasteiger partial charge in [0, 0.05) is 17.4 Å². The summed E-state index contributed by atoms with van der Waals surface area (Å²) in [7, 11) is 0. The Labute approximate surface area is 124 Å². The maximum atomic E-state index is 11.6. The lowest BCUT2D eigenvalue weighted by molar-refractivity contribution is 0.0520. The quantitative estimate of drug-likeness (QED) is 0.689. The molecule has 3 aromatic rings. The molecular weight excluding hydrogens is 296 g/mol. The third-order valence-electron chi connectivity index (χ3n) is 2.75. The van der Waals surface area contributed by atoms with E-state index in [1.807, 2.05) is 34.9 Å². The summed E-state index contributed by atoms with van der Waals surface area (Å²) in [6, 6.07) is 7.63. The number of ether oxygens (including phenoxy) is 1. The van der Waals surface area contributed by atoms with Gasteiger partial charge in [0.15, 0.2) is 10.7 Å². The maximum Gasteiger partial charge on any atom is 0.358 e. The van der Waals surface area contributed by atoms with E-state index in [-0.39, 0.29) is 0 Å². The Morgan fingerprint density at radius 3 is 3.00 bits per heavy atom. The standard InChI is InChI=1S/C14H11ClN2O2S/c1-2-19-13(18)11-7-17-8-12(20-14(17)16-11)9-4-3-5-10(15)6-9/h3-8H,2H2,1H3. The van der Waals surface area contributed by atoms with Gasteiger partial charge in [0.2, 0.25) is 0 Å². The van der Waals surface area contributed by atoms with Gasteiger partial charge < -0.3 is 4.74 Å². The lowest BCUT2D eigenvalue weighted by atomic mass is 10.2. The predicted molar refractivity (Wildman–Crippen MR) is 79.5 cm³/mol. The molecule has 0 radical (unpaired) electrons. The van der Waals surface area contributed by atoms with Gasteiger partial charge in [-0.1, -0.05) is 35.1 Å². The Bertz CT molecular complexity index is 747. The Morgan fingerprint density at radius 2 is 2.30 bits per heavy atom. The fourth-order valence-electron chi connectivity index (χ4n) is 1.87. The number of imidazole rings is 1. The normalized spacial score (nSPS) is 10.9. The number of carbonyl (C=O) groups excluding carboxylic acids is 1. The highest BCUT2D eigenvalue weighted by molar-refractivity contribution is 7.20. The van der Waals surface area contributed by atoms with Gasteiger partial charge in [0.1, 0.15) is 0 Å². The fraction of sp³-hybridized carbons (Fsp3) is 0.143. The van der Waals surface area contributed by atoms with Crippen molar-refractivity contribution in [3.8, 4) is 10.4 Å². The maximum absolute atomic E-state index is 11.6. The number of esters is 1. The number of nitrogens with zero attached hydrogens (tertiary/aromatic N) is 2. The van der Waals surface area contributed by atoms with Crippen LogP contribution in [0.3, 0.4) is 0 Å². The highest BCUT2D eigenvalue weighted by Gasteiger charge is 2.14. The van der Waals surface area contributed by atoms with E-state index in [0.717, 1.165) is 15.4 Å². The minimum atomic E-state index is -0.396. The number of hydrogen-bond donors (Lipinski definition) is 0. The summed E-state index contributed by atoms with van der Waals surface area (Å²) in [6.07, 6.45) is 3.61. The van der Waals surface area contributed by atoms with Gasteiger partial charge in [-0.05, 0) is 24.6 Å². The molecule has 2 heterocycles. The van der Waals surface area contributed by atoms with Crippen molar-refractivity contribution in [1.29, 1.82) is 0 Å². The molecule has 0 N–H and O–H groups in total. The molecule has 1 aromatic carbocycles. The number of thiazole rings is 1. The molecule has 2 aromatic heterocycles. The van der Waals surface area contributed by atoms with E-state index in [9.17, 15) is 4.79 Å². The number of rotatable bonds is 3. The van der Waals surface area contributed by atoms with Crippen molar-refractivity contribution < 1.29 is 9.53 Å². The summed E-state index contributed by atoms with van der Waals surface area (Å²) in [4.78, 5) is 17.7. The molecule has 0 saturated heterocycles. The number of benzene rings is 1. The van der Waals surface area contributed by atoms with Crippen LogP contribution in [0.5, 0.6) is 0 Å². The van der Waals surface area contributed by atoms with E-state index in [0.29, 0.717) is 17.3 Å². The van der Waals surface area contributed by atoms with Gasteiger partial charge in [-0.15, -0.1) is 0 Å². The summed E-state index contributed by atoms with van der Waals surface area (Å²) < 4.78 is 6.76. The van der Waals surface area contributed by atoms with Crippen LogP contribution >= 0.6 is 22.9 Å². The minimum Gasteiger partial charge on any atom is -0.461 e. The molecule has 0 bridgehead atoms. The van der Waals surface area contributed by atoms with Crippen molar-refractivity contribution in [2.75, 3.05) is 6.61 Å². The number of aromatic nitrogens is 2. The molecule has 0 atom stereocenters. The van der Waals surface area contributed by atoms with Crippen LogP contribution in [0.25, 0.3) is 15.4 Å². The monoisotopic (exact) mass is 306 g/mol. The molecule has 3 rings (SSSR count). The first-order chi connectivity index (χ1) is 9.67. The van der Waals surface area contributed by atoms with Crippen LogP contribution in [0.1, 0.15) is 17.4 Å². The first kappa shape index (κ1) is 13.1. The Balaban J connectivity index is 1.97. The van der Waals surface area contributed by atoms with Gasteiger partial charge in [-0.25, -0.2) is 9.78 Å². The molecule has 0 spiro atoms. The van der Waals surface area contributed by atoms with Crippen LogP contribution in [0, 0.1) is 0 Å². The number of fused-ring (bicyclic) bond motifs is 1. The highest BCUT2D eigenvalue weighted by Crippen LogP contribution is 2.30. The third kappa shape index (κ3) is 2.42. The van der Waals surface area contributed by atoms with Gasteiger partial charge in [-0.2, -0.15) is 0 Å². The smallest absolute Gasteiger partial charge is 0.358 e. The lowest BCUT2D eigenvalue weighted by Crippen LogP contribution is -2.04. The van der Waals surface area contributed by atoms with Gasteiger partial charge in [-0.3, -0.25) is 4.40 Å². The van der Waals surface area contributed by atoms with Crippen LogP contribution in [0.15, 0.2) is 36.7 Å². The van der Waals surface area contributed by atoms with Crippen molar-refractivity contribution in [2.45, 2.75) is 6.92 Å². The summed E-state index contributed by atoms with van der Waals surface area (Å²) >= 11 is 7.49. The van der Waals surface area contributed by atoms with E-state index in [4.69, 9.17) is 16.3 Å². The second-order valence-corrected chi connectivity index (χ2v) is 5.59. The minimum absolute atomic E-state index is 0.329. The van der Waals surface area contributed by atoms with Crippen molar-refractivity contribution in [3.05, 3.63) is 47.4 Å². The molecule has 20 heavy (non-hydrogen) atoms. The summed E-state index contributed by atoms with van der Waals surface area (Å²) in [5.74, 6) is -0.396. The second-order valence-electron chi connectivity index (χ2n) is 4.14.